The standard InChI is InChI=1S/C19H31FN2O2/c1-3-22(4-2)14-16-24-15-13-21-19(23)8-6-5-7-17-9-11-18(20)12-10-17/h9-12H,3-8,13-16H2,1-2H3,(H,21,23). The average Bonchev–Trinajstić information content (AvgIpc) is 2.60. The largest absolute Gasteiger partial charge is 0.378 e. The Labute approximate surface area is 145 Å². The molecule has 0 aliphatic carbocycles. The zero-order valence-electron chi connectivity index (χ0n) is 15.0. The summed E-state index contributed by atoms with van der Waals surface area (Å²) in [6, 6.07) is 6.54. The van der Waals surface area contributed by atoms with E-state index < -0.39 is 0 Å². The number of carbonyl (C=O) groups excluding carboxylic acids is 1. The van der Waals surface area contributed by atoms with Crippen molar-refractivity contribution in [1.29, 1.82) is 0 Å². The van der Waals surface area contributed by atoms with Crippen LogP contribution in [-0.2, 0) is 16.0 Å². The molecule has 136 valence electrons. The zero-order valence-corrected chi connectivity index (χ0v) is 15.0. The Hall–Kier alpha value is -1.46. The number of nitrogens with zero attached hydrogens (tertiary/aromatic N) is 1. The van der Waals surface area contributed by atoms with Gasteiger partial charge in [0, 0.05) is 19.5 Å². The number of carbonyl (C=O) groups is 1. The van der Waals surface area contributed by atoms with Gasteiger partial charge in [-0.15, -0.1) is 0 Å². The molecule has 0 fully saturated rings. The molecule has 5 heteroatoms. The fourth-order valence-electron chi connectivity index (χ4n) is 2.45. The highest BCUT2D eigenvalue weighted by molar-refractivity contribution is 5.75. The summed E-state index contributed by atoms with van der Waals surface area (Å²) in [6.45, 7) is 9.11. The average molecular weight is 338 g/mol. The van der Waals surface area contributed by atoms with Crippen LogP contribution in [0.5, 0.6) is 0 Å². The fourth-order valence-corrected chi connectivity index (χ4v) is 2.45. The first-order valence-electron chi connectivity index (χ1n) is 8.97. The van der Waals surface area contributed by atoms with E-state index in [4.69, 9.17) is 4.74 Å². The monoisotopic (exact) mass is 338 g/mol. The third-order valence-electron chi connectivity index (χ3n) is 4.05. The molecule has 1 amide bonds. The first-order chi connectivity index (χ1) is 11.7. The SMILES string of the molecule is CCN(CC)CCOCCNC(=O)CCCCc1ccc(F)cc1. The zero-order chi connectivity index (χ0) is 17.6. The van der Waals surface area contributed by atoms with Crippen LogP contribution in [0.15, 0.2) is 24.3 Å². The predicted molar refractivity (Wildman–Crippen MR) is 95.6 cm³/mol. The van der Waals surface area contributed by atoms with E-state index in [1.54, 1.807) is 12.1 Å². The van der Waals surface area contributed by atoms with E-state index >= 15 is 0 Å². The second kappa shape index (κ2) is 12.9. The van der Waals surface area contributed by atoms with E-state index in [0.717, 1.165) is 44.5 Å². The summed E-state index contributed by atoms with van der Waals surface area (Å²) in [6.07, 6.45) is 3.17. The van der Waals surface area contributed by atoms with E-state index in [-0.39, 0.29) is 11.7 Å². The van der Waals surface area contributed by atoms with Crippen molar-refractivity contribution >= 4 is 5.91 Å². The number of nitrogens with one attached hydrogen (secondary N) is 1. The second-order valence-corrected chi connectivity index (χ2v) is 5.82. The number of ether oxygens (including phenoxy) is 1. The summed E-state index contributed by atoms with van der Waals surface area (Å²) < 4.78 is 18.3. The lowest BCUT2D eigenvalue weighted by atomic mass is 10.1. The number of benzene rings is 1. The lowest BCUT2D eigenvalue weighted by molar-refractivity contribution is -0.121. The first-order valence-corrected chi connectivity index (χ1v) is 8.97. The van der Waals surface area contributed by atoms with Gasteiger partial charge in [-0.25, -0.2) is 4.39 Å². The summed E-state index contributed by atoms with van der Waals surface area (Å²) in [4.78, 5) is 14.0. The predicted octanol–water partition coefficient (Wildman–Crippen LogP) is 3.01. The summed E-state index contributed by atoms with van der Waals surface area (Å²) in [7, 11) is 0. The molecule has 1 aromatic rings. The van der Waals surface area contributed by atoms with Crippen LogP contribution in [0.3, 0.4) is 0 Å². The normalized spacial score (nSPS) is 11.0. The Balaban J connectivity index is 1.95. The minimum absolute atomic E-state index is 0.0708. The van der Waals surface area contributed by atoms with Crippen LogP contribution in [0.25, 0.3) is 0 Å². The van der Waals surface area contributed by atoms with Gasteiger partial charge in [0.05, 0.1) is 13.2 Å². The maximum atomic E-state index is 12.8. The maximum absolute atomic E-state index is 12.8. The highest BCUT2D eigenvalue weighted by Crippen LogP contribution is 2.08. The Bertz CT molecular complexity index is 447. The van der Waals surface area contributed by atoms with E-state index in [9.17, 15) is 9.18 Å². The van der Waals surface area contributed by atoms with Gasteiger partial charge in [-0.05, 0) is 50.0 Å². The van der Waals surface area contributed by atoms with Crippen molar-refractivity contribution in [3.63, 3.8) is 0 Å². The molecule has 0 aliphatic rings. The molecule has 0 spiro atoms. The molecule has 1 rings (SSSR count). The Morgan fingerprint density at radius 2 is 1.83 bits per heavy atom. The van der Waals surface area contributed by atoms with Crippen LogP contribution in [0, 0.1) is 5.82 Å². The van der Waals surface area contributed by atoms with Crippen LogP contribution >= 0.6 is 0 Å². The molecule has 24 heavy (non-hydrogen) atoms. The highest BCUT2D eigenvalue weighted by atomic mass is 19.1. The number of halogens is 1. The number of hydrogen-bond acceptors (Lipinski definition) is 3. The topological polar surface area (TPSA) is 41.6 Å². The molecular weight excluding hydrogens is 307 g/mol. The molecule has 4 nitrogen and oxygen atoms in total. The molecule has 0 aromatic heterocycles. The number of rotatable bonds is 13. The highest BCUT2D eigenvalue weighted by Gasteiger charge is 2.02. The van der Waals surface area contributed by atoms with E-state index in [1.807, 2.05) is 0 Å². The van der Waals surface area contributed by atoms with Crippen molar-refractivity contribution in [1.82, 2.24) is 10.2 Å². The quantitative estimate of drug-likeness (QED) is 0.562. The summed E-state index contributed by atoms with van der Waals surface area (Å²) in [5.41, 5.74) is 1.11. The third-order valence-corrected chi connectivity index (χ3v) is 4.05. The molecule has 0 unspecified atom stereocenters. The van der Waals surface area contributed by atoms with Crippen LogP contribution in [0.4, 0.5) is 4.39 Å². The van der Waals surface area contributed by atoms with Gasteiger partial charge >= 0.3 is 0 Å². The van der Waals surface area contributed by atoms with Crippen molar-refractivity contribution in [3.8, 4) is 0 Å². The van der Waals surface area contributed by atoms with Crippen LogP contribution < -0.4 is 5.32 Å². The molecule has 0 radical (unpaired) electrons. The molecule has 1 N–H and O–H groups in total. The number of hydrogen-bond donors (Lipinski definition) is 1. The summed E-state index contributed by atoms with van der Waals surface area (Å²) in [5, 5.41) is 2.88. The van der Waals surface area contributed by atoms with Crippen molar-refractivity contribution in [3.05, 3.63) is 35.6 Å². The van der Waals surface area contributed by atoms with Gasteiger partial charge in [-0.3, -0.25) is 4.79 Å². The lowest BCUT2D eigenvalue weighted by Gasteiger charge is -2.17. The van der Waals surface area contributed by atoms with Gasteiger partial charge < -0.3 is 15.0 Å². The number of unbranched alkanes of at least 4 members (excludes halogenated alkanes) is 1. The van der Waals surface area contributed by atoms with Crippen LogP contribution in [0.2, 0.25) is 0 Å². The first kappa shape index (κ1) is 20.6. The molecule has 0 heterocycles. The molecule has 0 atom stereocenters. The minimum Gasteiger partial charge on any atom is -0.378 e. The van der Waals surface area contributed by atoms with Gasteiger partial charge in [0.1, 0.15) is 5.82 Å². The van der Waals surface area contributed by atoms with Gasteiger partial charge in [0.25, 0.3) is 0 Å². The van der Waals surface area contributed by atoms with Gasteiger partial charge in [0.2, 0.25) is 5.91 Å². The molecule has 1 aromatic carbocycles. The number of amides is 1. The molecule has 0 aliphatic heterocycles. The molecular formula is C19H31FN2O2. The van der Waals surface area contributed by atoms with Crippen LogP contribution in [0.1, 0.15) is 38.7 Å². The summed E-state index contributed by atoms with van der Waals surface area (Å²) >= 11 is 0. The maximum Gasteiger partial charge on any atom is 0.220 e. The van der Waals surface area contributed by atoms with Gasteiger partial charge in [0.15, 0.2) is 0 Å². The van der Waals surface area contributed by atoms with Crippen molar-refractivity contribution < 1.29 is 13.9 Å². The van der Waals surface area contributed by atoms with E-state index in [1.165, 1.54) is 12.1 Å². The van der Waals surface area contributed by atoms with Gasteiger partial charge in [-0.2, -0.15) is 0 Å². The van der Waals surface area contributed by atoms with Crippen molar-refractivity contribution in [2.75, 3.05) is 39.4 Å². The fraction of sp³-hybridized carbons (Fsp3) is 0.632. The van der Waals surface area contributed by atoms with Gasteiger partial charge in [-0.1, -0.05) is 26.0 Å². The number of aryl methyl sites for hydroxylation is 1. The Morgan fingerprint density at radius 1 is 1.12 bits per heavy atom. The summed E-state index contributed by atoms with van der Waals surface area (Å²) in [5.74, 6) is -0.140. The molecule has 0 saturated heterocycles. The minimum atomic E-state index is -0.211. The van der Waals surface area contributed by atoms with E-state index in [2.05, 4.69) is 24.1 Å². The Morgan fingerprint density at radius 3 is 2.50 bits per heavy atom. The van der Waals surface area contributed by atoms with E-state index in [0.29, 0.717) is 26.2 Å². The smallest absolute Gasteiger partial charge is 0.220 e. The molecule has 0 saturated carbocycles. The van der Waals surface area contributed by atoms with Crippen LogP contribution in [-0.4, -0.2) is 50.2 Å². The second-order valence-electron chi connectivity index (χ2n) is 5.82. The number of likely N-dealkylation sites (N-methyl/N-ethyl adjacent to an activating group) is 1. The van der Waals surface area contributed by atoms with Crippen molar-refractivity contribution in [2.45, 2.75) is 39.5 Å². The Kier molecular flexibility index (Phi) is 11.1. The van der Waals surface area contributed by atoms with Crippen molar-refractivity contribution in [2.24, 2.45) is 0 Å². The lowest BCUT2D eigenvalue weighted by Crippen LogP contribution is -2.30. The third kappa shape index (κ3) is 9.63. The molecule has 0 bridgehead atoms.